The normalized spacial score (nSPS) is 22.0. The maximum absolute atomic E-state index is 11.5. The SMILES string of the molecule is CN1CC(c2ccc(Cl)cc2)NCCC1=O. The maximum atomic E-state index is 11.5. The van der Waals surface area contributed by atoms with Crippen LogP contribution >= 0.6 is 11.6 Å². The van der Waals surface area contributed by atoms with E-state index in [2.05, 4.69) is 5.32 Å². The first-order valence-corrected chi connectivity index (χ1v) is 5.77. The molecule has 86 valence electrons. The predicted molar refractivity (Wildman–Crippen MR) is 64.4 cm³/mol. The van der Waals surface area contributed by atoms with E-state index in [0.717, 1.165) is 11.6 Å². The Kier molecular flexibility index (Phi) is 3.46. The molecule has 3 nitrogen and oxygen atoms in total. The van der Waals surface area contributed by atoms with Crippen molar-refractivity contribution in [1.29, 1.82) is 0 Å². The molecule has 1 saturated heterocycles. The number of likely N-dealkylation sites (N-methyl/N-ethyl adjacent to an activating group) is 1. The van der Waals surface area contributed by atoms with Gasteiger partial charge in [-0.1, -0.05) is 23.7 Å². The number of carbonyl (C=O) groups excluding carboxylic acids is 1. The molecule has 0 bridgehead atoms. The molecule has 1 heterocycles. The molecule has 1 atom stereocenters. The van der Waals surface area contributed by atoms with Crippen LogP contribution in [0.1, 0.15) is 18.0 Å². The molecule has 16 heavy (non-hydrogen) atoms. The lowest BCUT2D eigenvalue weighted by atomic mass is 10.1. The van der Waals surface area contributed by atoms with Crippen LogP contribution in [0.2, 0.25) is 5.02 Å². The molecule has 0 aromatic heterocycles. The van der Waals surface area contributed by atoms with Gasteiger partial charge >= 0.3 is 0 Å². The van der Waals surface area contributed by atoms with Crippen molar-refractivity contribution in [3.63, 3.8) is 0 Å². The first-order valence-electron chi connectivity index (χ1n) is 5.39. The van der Waals surface area contributed by atoms with Crippen LogP contribution in [0.4, 0.5) is 0 Å². The molecular formula is C12H15ClN2O. The monoisotopic (exact) mass is 238 g/mol. The molecule has 1 fully saturated rings. The van der Waals surface area contributed by atoms with Gasteiger partial charge in [-0.25, -0.2) is 0 Å². The molecule has 4 heteroatoms. The zero-order chi connectivity index (χ0) is 11.5. The lowest BCUT2D eigenvalue weighted by Gasteiger charge is -2.21. The minimum Gasteiger partial charge on any atom is -0.344 e. The third kappa shape index (κ3) is 2.54. The van der Waals surface area contributed by atoms with E-state index in [1.54, 1.807) is 4.90 Å². The third-order valence-corrected chi connectivity index (χ3v) is 3.14. The van der Waals surface area contributed by atoms with Gasteiger partial charge in [0.15, 0.2) is 0 Å². The van der Waals surface area contributed by atoms with E-state index < -0.39 is 0 Å². The highest BCUT2D eigenvalue weighted by Crippen LogP contribution is 2.19. The van der Waals surface area contributed by atoms with Crippen LogP contribution in [0, 0.1) is 0 Å². The Morgan fingerprint density at radius 3 is 2.75 bits per heavy atom. The van der Waals surface area contributed by atoms with Crippen molar-refractivity contribution in [2.45, 2.75) is 12.5 Å². The van der Waals surface area contributed by atoms with E-state index in [4.69, 9.17) is 11.6 Å². The van der Waals surface area contributed by atoms with Crippen molar-refractivity contribution in [1.82, 2.24) is 10.2 Å². The average molecular weight is 239 g/mol. The van der Waals surface area contributed by atoms with Crippen LogP contribution < -0.4 is 5.32 Å². The van der Waals surface area contributed by atoms with E-state index >= 15 is 0 Å². The van der Waals surface area contributed by atoms with E-state index in [1.807, 2.05) is 31.3 Å². The topological polar surface area (TPSA) is 32.3 Å². The quantitative estimate of drug-likeness (QED) is 0.810. The highest BCUT2D eigenvalue weighted by atomic mass is 35.5. The van der Waals surface area contributed by atoms with Gasteiger partial charge in [-0.3, -0.25) is 4.79 Å². The standard InChI is InChI=1S/C12H15ClN2O/c1-15-8-11(14-7-6-12(15)16)9-2-4-10(13)5-3-9/h2-5,11,14H,6-8H2,1H3. The lowest BCUT2D eigenvalue weighted by Crippen LogP contribution is -2.30. The fraction of sp³-hybridized carbons (Fsp3) is 0.417. The Morgan fingerprint density at radius 2 is 2.06 bits per heavy atom. The summed E-state index contributed by atoms with van der Waals surface area (Å²) >= 11 is 5.85. The molecule has 0 saturated carbocycles. The van der Waals surface area contributed by atoms with Crippen LogP contribution in [0.25, 0.3) is 0 Å². The molecule has 1 aromatic rings. The molecule has 1 aliphatic heterocycles. The number of amides is 1. The van der Waals surface area contributed by atoms with E-state index in [9.17, 15) is 4.79 Å². The summed E-state index contributed by atoms with van der Waals surface area (Å²) in [5, 5.41) is 4.11. The highest BCUT2D eigenvalue weighted by molar-refractivity contribution is 6.30. The highest BCUT2D eigenvalue weighted by Gasteiger charge is 2.20. The zero-order valence-corrected chi connectivity index (χ0v) is 10.00. The van der Waals surface area contributed by atoms with Crippen molar-refractivity contribution >= 4 is 17.5 Å². The maximum Gasteiger partial charge on any atom is 0.223 e. The molecule has 1 aliphatic rings. The zero-order valence-electron chi connectivity index (χ0n) is 9.24. The minimum atomic E-state index is 0.198. The van der Waals surface area contributed by atoms with Gasteiger partial charge in [-0.2, -0.15) is 0 Å². The summed E-state index contributed by atoms with van der Waals surface area (Å²) in [7, 11) is 1.85. The van der Waals surface area contributed by atoms with Gasteiger partial charge < -0.3 is 10.2 Å². The second-order valence-electron chi connectivity index (χ2n) is 4.08. The van der Waals surface area contributed by atoms with Crippen molar-refractivity contribution in [2.75, 3.05) is 20.1 Å². The molecule has 0 radical (unpaired) electrons. The largest absolute Gasteiger partial charge is 0.344 e. The van der Waals surface area contributed by atoms with E-state index in [1.165, 1.54) is 5.56 Å². The van der Waals surface area contributed by atoms with Crippen LogP contribution in [0.5, 0.6) is 0 Å². The molecular weight excluding hydrogens is 224 g/mol. The molecule has 0 aliphatic carbocycles. The van der Waals surface area contributed by atoms with Crippen LogP contribution in [-0.2, 0) is 4.79 Å². The number of benzene rings is 1. The molecule has 1 aromatic carbocycles. The predicted octanol–water partition coefficient (Wildman–Crippen LogP) is 1.83. The molecule has 1 N–H and O–H groups in total. The Bertz CT molecular complexity index is 377. The van der Waals surface area contributed by atoms with Crippen molar-refractivity contribution in [2.24, 2.45) is 0 Å². The number of halogens is 1. The van der Waals surface area contributed by atoms with E-state index in [0.29, 0.717) is 13.0 Å². The first-order chi connectivity index (χ1) is 7.66. The molecule has 2 rings (SSSR count). The number of hydrogen-bond donors (Lipinski definition) is 1. The second-order valence-corrected chi connectivity index (χ2v) is 4.52. The van der Waals surface area contributed by atoms with Crippen LogP contribution in [-0.4, -0.2) is 30.9 Å². The Balaban J connectivity index is 2.14. The number of nitrogens with zero attached hydrogens (tertiary/aromatic N) is 1. The van der Waals surface area contributed by atoms with Gasteiger partial charge in [-0.05, 0) is 17.7 Å². The summed E-state index contributed by atoms with van der Waals surface area (Å²) in [4.78, 5) is 13.3. The molecule has 0 spiro atoms. The van der Waals surface area contributed by atoms with Gasteiger partial charge in [0.05, 0.1) is 0 Å². The Morgan fingerprint density at radius 1 is 1.38 bits per heavy atom. The number of nitrogens with one attached hydrogen (secondary N) is 1. The lowest BCUT2D eigenvalue weighted by molar-refractivity contribution is -0.129. The van der Waals surface area contributed by atoms with E-state index in [-0.39, 0.29) is 11.9 Å². The third-order valence-electron chi connectivity index (χ3n) is 2.88. The van der Waals surface area contributed by atoms with Gasteiger partial charge in [0.2, 0.25) is 5.91 Å². The summed E-state index contributed by atoms with van der Waals surface area (Å²) in [6.07, 6.45) is 0.570. The minimum absolute atomic E-state index is 0.198. The van der Waals surface area contributed by atoms with Crippen molar-refractivity contribution in [3.05, 3.63) is 34.9 Å². The van der Waals surface area contributed by atoms with Gasteiger partial charge in [-0.15, -0.1) is 0 Å². The molecule has 1 amide bonds. The summed E-state index contributed by atoms with van der Waals surface area (Å²) in [6.45, 7) is 1.44. The smallest absolute Gasteiger partial charge is 0.223 e. The molecule has 1 unspecified atom stereocenters. The number of rotatable bonds is 1. The fourth-order valence-electron chi connectivity index (χ4n) is 1.90. The summed E-state index contributed by atoms with van der Waals surface area (Å²) in [5.41, 5.74) is 1.17. The van der Waals surface area contributed by atoms with Crippen LogP contribution in [0.15, 0.2) is 24.3 Å². The summed E-state index contributed by atoms with van der Waals surface area (Å²) in [5.74, 6) is 0.198. The summed E-state index contributed by atoms with van der Waals surface area (Å²) < 4.78 is 0. The Labute approximate surface area is 100 Å². The first kappa shape index (κ1) is 11.4. The van der Waals surface area contributed by atoms with Crippen molar-refractivity contribution in [3.8, 4) is 0 Å². The Hall–Kier alpha value is -1.06. The number of hydrogen-bond acceptors (Lipinski definition) is 2. The number of carbonyl (C=O) groups is 1. The van der Waals surface area contributed by atoms with Gasteiger partial charge in [0, 0.05) is 37.6 Å². The second kappa shape index (κ2) is 4.85. The average Bonchev–Trinajstić information content (AvgIpc) is 2.43. The fourth-order valence-corrected chi connectivity index (χ4v) is 2.03. The van der Waals surface area contributed by atoms with Gasteiger partial charge in [0.25, 0.3) is 0 Å². The van der Waals surface area contributed by atoms with Crippen molar-refractivity contribution < 1.29 is 4.79 Å². The van der Waals surface area contributed by atoms with Crippen LogP contribution in [0.3, 0.4) is 0 Å². The van der Waals surface area contributed by atoms with Gasteiger partial charge in [0.1, 0.15) is 0 Å². The summed E-state index contributed by atoms with van der Waals surface area (Å²) in [6, 6.07) is 7.97.